The highest BCUT2D eigenvalue weighted by molar-refractivity contribution is 5.84. The summed E-state index contributed by atoms with van der Waals surface area (Å²) in [4.78, 5) is 48.5. The van der Waals surface area contributed by atoms with E-state index in [0.717, 1.165) is 32.1 Å². The van der Waals surface area contributed by atoms with Gasteiger partial charge in [-0.3, -0.25) is 14.4 Å². The van der Waals surface area contributed by atoms with Gasteiger partial charge in [-0.15, -0.1) is 6.58 Å². The average Bonchev–Trinajstić information content (AvgIpc) is 2.95. The van der Waals surface area contributed by atoms with Crippen molar-refractivity contribution in [1.82, 2.24) is 16.0 Å². The molecule has 0 aliphatic heterocycles. The summed E-state index contributed by atoms with van der Waals surface area (Å²) in [5.41, 5.74) is 0. The van der Waals surface area contributed by atoms with E-state index in [1.165, 1.54) is 64.2 Å². The monoisotopic (exact) mass is 593 g/mol. The lowest BCUT2D eigenvalue weighted by atomic mass is 10.0. The van der Waals surface area contributed by atoms with Crippen LogP contribution in [0.4, 0.5) is 0 Å². The summed E-state index contributed by atoms with van der Waals surface area (Å²) in [5.74, 6) is -1.43. The summed E-state index contributed by atoms with van der Waals surface area (Å²) < 4.78 is 0. The number of hydrogen-bond acceptors (Lipinski definition) is 5. The van der Waals surface area contributed by atoms with Gasteiger partial charge in [0.2, 0.25) is 11.8 Å². The van der Waals surface area contributed by atoms with E-state index in [0.29, 0.717) is 32.2 Å². The molecule has 0 spiro atoms. The Hall–Kier alpha value is -2.22. The van der Waals surface area contributed by atoms with Crippen molar-refractivity contribution in [2.75, 3.05) is 6.54 Å². The average molecular weight is 594 g/mol. The molecule has 4 N–H and O–H groups in total. The highest BCUT2D eigenvalue weighted by Crippen LogP contribution is 2.13. The minimum Gasteiger partial charge on any atom is -0.480 e. The molecule has 0 aromatic rings. The van der Waals surface area contributed by atoms with Gasteiger partial charge < -0.3 is 21.1 Å². The Morgan fingerprint density at radius 2 is 1.26 bits per heavy atom. The molecule has 0 radical (unpaired) electrons. The normalized spacial score (nSPS) is 12.6. The maximum Gasteiger partial charge on any atom is 0.326 e. The van der Waals surface area contributed by atoms with Crippen LogP contribution in [-0.4, -0.2) is 53.3 Å². The van der Waals surface area contributed by atoms with Crippen molar-refractivity contribution in [2.45, 2.75) is 174 Å². The molecule has 0 aliphatic carbocycles. The molecule has 8 nitrogen and oxygen atoms in total. The Bertz CT molecular complexity index is 741. The first kappa shape index (κ1) is 39.8. The summed E-state index contributed by atoms with van der Waals surface area (Å²) in [5, 5.41) is 18.2. The van der Waals surface area contributed by atoms with Crippen LogP contribution in [0, 0.1) is 0 Å². The lowest BCUT2D eigenvalue weighted by Crippen LogP contribution is -2.41. The van der Waals surface area contributed by atoms with Gasteiger partial charge >= 0.3 is 5.97 Å². The Labute approximate surface area is 256 Å². The van der Waals surface area contributed by atoms with Crippen molar-refractivity contribution in [1.29, 1.82) is 0 Å². The third-order valence-electron chi connectivity index (χ3n) is 7.56. The Kier molecular flexibility index (Phi) is 26.1. The van der Waals surface area contributed by atoms with Gasteiger partial charge in [-0.2, -0.15) is 0 Å². The van der Waals surface area contributed by atoms with Crippen LogP contribution < -0.4 is 16.0 Å². The predicted molar refractivity (Wildman–Crippen MR) is 172 cm³/mol. The zero-order chi connectivity index (χ0) is 31.4. The molecule has 0 fully saturated rings. The topological polar surface area (TPSA) is 125 Å². The van der Waals surface area contributed by atoms with Crippen LogP contribution >= 0.6 is 0 Å². The number of aliphatic carboxylic acids is 1. The van der Waals surface area contributed by atoms with E-state index < -0.39 is 12.0 Å². The first-order chi connectivity index (χ1) is 20.2. The van der Waals surface area contributed by atoms with Crippen LogP contribution in [0.15, 0.2) is 12.7 Å². The number of allylic oxidation sites excluding steroid dienone is 1. The fourth-order valence-corrected chi connectivity index (χ4v) is 5.05. The van der Waals surface area contributed by atoms with E-state index >= 15 is 0 Å². The number of carboxylic acid groups (broad SMARTS) is 1. The molecule has 0 aromatic carbocycles. The third-order valence-corrected chi connectivity index (χ3v) is 7.56. The second-order valence-corrected chi connectivity index (χ2v) is 12.0. The predicted octanol–water partition coefficient (Wildman–Crippen LogP) is 7.01. The molecule has 0 saturated carbocycles. The van der Waals surface area contributed by atoms with Crippen molar-refractivity contribution in [3.8, 4) is 0 Å². The van der Waals surface area contributed by atoms with E-state index in [1.807, 2.05) is 13.8 Å². The van der Waals surface area contributed by atoms with E-state index in [-0.39, 0.29) is 42.5 Å². The second kappa shape index (κ2) is 27.6. The Morgan fingerprint density at radius 3 is 1.79 bits per heavy atom. The van der Waals surface area contributed by atoms with Crippen LogP contribution in [0.5, 0.6) is 0 Å². The molecule has 0 saturated heterocycles. The molecule has 42 heavy (non-hydrogen) atoms. The molecule has 0 heterocycles. The van der Waals surface area contributed by atoms with Crippen LogP contribution in [0.2, 0.25) is 0 Å². The van der Waals surface area contributed by atoms with Crippen molar-refractivity contribution in [3.05, 3.63) is 12.7 Å². The number of rotatable bonds is 30. The molecule has 0 aliphatic rings. The van der Waals surface area contributed by atoms with E-state index in [1.54, 1.807) is 6.08 Å². The number of nitrogens with one attached hydrogen (secondary N) is 3. The molecular weight excluding hydrogens is 530 g/mol. The van der Waals surface area contributed by atoms with Gasteiger partial charge in [-0.05, 0) is 38.5 Å². The largest absolute Gasteiger partial charge is 0.480 e. The van der Waals surface area contributed by atoms with Crippen LogP contribution in [-0.2, 0) is 19.2 Å². The molecule has 0 rings (SSSR count). The molecule has 2 atom stereocenters. The Balaban J connectivity index is 4.00. The first-order valence-corrected chi connectivity index (χ1v) is 16.9. The number of Topliss-reactive ketones (excluding diaryl/α,β-unsaturated/α-hetero) is 1. The lowest BCUT2D eigenvalue weighted by molar-refractivity contribution is -0.142. The quantitative estimate of drug-likeness (QED) is 0.0525. The van der Waals surface area contributed by atoms with E-state index in [9.17, 15) is 24.3 Å². The molecule has 0 aromatic heterocycles. The maximum absolute atomic E-state index is 12.4. The SMILES string of the molecule is C=CCCC(=O)[C@H](CCCCNC(=O)CC[C@H](NC(=O)CCCCCCCCCCCCCCC)C(=O)O)NC(C)C. The molecule has 2 amide bonds. The van der Waals surface area contributed by atoms with E-state index in [2.05, 4.69) is 29.5 Å². The molecule has 0 unspecified atom stereocenters. The number of amides is 2. The minimum absolute atomic E-state index is 0.0353. The maximum atomic E-state index is 12.4. The highest BCUT2D eigenvalue weighted by atomic mass is 16.4. The zero-order valence-electron chi connectivity index (χ0n) is 27.2. The van der Waals surface area contributed by atoms with Crippen molar-refractivity contribution in [2.24, 2.45) is 0 Å². The third kappa shape index (κ3) is 24.4. The minimum atomic E-state index is -1.12. The van der Waals surface area contributed by atoms with Gasteiger partial charge in [-0.25, -0.2) is 4.79 Å². The van der Waals surface area contributed by atoms with Crippen molar-refractivity contribution >= 4 is 23.6 Å². The van der Waals surface area contributed by atoms with Crippen molar-refractivity contribution < 1.29 is 24.3 Å². The van der Waals surface area contributed by atoms with Crippen molar-refractivity contribution in [3.63, 3.8) is 0 Å². The van der Waals surface area contributed by atoms with Crippen LogP contribution in [0.3, 0.4) is 0 Å². The number of ketones is 1. The number of carbonyl (C=O) groups excluding carboxylic acids is 3. The van der Waals surface area contributed by atoms with Crippen LogP contribution in [0.1, 0.15) is 156 Å². The fourth-order valence-electron chi connectivity index (χ4n) is 5.05. The lowest BCUT2D eigenvalue weighted by Gasteiger charge is -2.20. The number of hydrogen-bond donors (Lipinski definition) is 4. The summed E-state index contributed by atoms with van der Waals surface area (Å²) in [6.07, 6.45) is 21.5. The summed E-state index contributed by atoms with van der Waals surface area (Å²) in [7, 11) is 0. The van der Waals surface area contributed by atoms with E-state index in [4.69, 9.17) is 0 Å². The highest BCUT2D eigenvalue weighted by Gasteiger charge is 2.21. The van der Waals surface area contributed by atoms with Gasteiger partial charge in [0, 0.05) is 31.8 Å². The zero-order valence-corrected chi connectivity index (χ0v) is 27.2. The van der Waals surface area contributed by atoms with Gasteiger partial charge in [0.1, 0.15) is 11.8 Å². The smallest absolute Gasteiger partial charge is 0.326 e. The van der Waals surface area contributed by atoms with Crippen LogP contribution in [0.25, 0.3) is 0 Å². The fraction of sp³-hybridized carbons (Fsp3) is 0.824. The molecule has 244 valence electrons. The van der Waals surface area contributed by atoms with Gasteiger partial charge in [0.15, 0.2) is 0 Å². The summed E-state index contributed by atoms with van der Waals surface area (Å²) in [6, 6.07) is -1.05. The second-order valence-electron chi connectivity index (χ2n) is 12.0. The standard InChI is InChI=1S/C34H63N3O5/c1-5-7-9-10-11-12-13-14-15-16-17-18-19-24-33(40)37-30(34(41)42)25-26-32(39)35-27-21-20-22-29(36-28(3)4)31(38)23-8-6-2/h6,28-30,36H,2,5,7-27H2,1,3-4H3,(H,35,39)(H,37,40)(H,41,42)/t29-,30-/m0/s1. The van der Waals surface area contributed by atoms with Gasteiger partial charge in [0.25, 0.3) is 0 Å². The number of unbranched alkanes of at least 4 members (excludes halogenated alkanes) is 13. The molecule has 8 heteroatoms. The first-order valence-electron chi connectivity index (χ1n) is 16.9. The summed E-state index contributed by atoms with van der Waals surface area (Å²) >= 11 is 0. The van der Waals surface area contributed by atoms with Gasteiger partial charge in [0.05, 0.1) is 6.04 Å². The number of carboxylic acids is 1. The Morgan fingerprint density at radius 1 is 0.690 bits per heavy atom. The number of carbonyl (C=O) groups is 4. The molecule has 0 bridgehead atoms. The molecular formula is C34H63N3O5. The van der Waals surface area contributed by atoms with Gasteiger partial charge in [-0.1, -0.05) is 104 Å². The summed E-state index contributed by atoms with van der Waals surface area (Å²) in [6.45, 7) is 10.4.